The molecule has 5 N–H and O–H groups in total. The minimum absolute atomic E-state index is 0.00404. The molecule has 0 spiro atoms. The summed E-state index contributed by atoms with van der Waals surface area (Å²) in [4.78, 5) is 75.8. The Morgan fingerprint density at radius 3 is 2.50 bits per heavy atom. The van der Waals surface area contributed by atoms with Crippen molar-refractivity contribution in [2.24, 2.45) is 11.5 Å². The van der Waals surface area contributed by atoms with E-state index in [4.69, 9.17) is 26.8 Å². The summed E-state index contributed by atoms with van der Waals surface area (Å²) >= 11 is 6.99. The van der Waals surface area contributed by atoms with E-state index in [9.17, 15) is 28.8 Å². The fourth-order valence-electron chi connectivity index (χ4n) is 4.39. The van der Waals surface area contributed by atoms with Gasteiger partial charge in [-0.25, -0.2) is 9.18 Å². The number of unbranched alkanes of at least 4 members (excludes halogenated alkanes) is 1. The standard InChI is InChI=1S/C26H29ClFN5O7S.C3H7NO/c27-21-7-6-20(41-21)25(37)33(23(35)3-1-2-8-30-22(34)12-29)14-17-13-32(26(38)40-17)19-5-4-16(11-18(19)28)31-9-10-39-15-24(31)36;1-2-3(4)5/h4-7,11,17H,1-3,8-10,12-15,29H2,(H,30,34);2H2,1H3,(H2,4,5)/t17-;/m1./s1. The Morgan fingerprint density at radius 1 is 1.15 bits per heavy atom. The molecule has 4 rings (SSSR count). The highest BCUT2D eigenvalue weighted by molar-refractivity contribution is 7.18. The number of anilines is 2. The number of carbonyl (C=O) groups is 6. The Labute approximate surface area is 273 Å². The highest BCUT2D eigenvalue weighted by Crippen LogP contribution is 2.30. The minimum atomic E-state index is -0.922. The summed E-state index contributed by atoms with van der Waals surface area (Å²) in [7, 11) is 0. The number of nitrogens with one attached hydrogen (secondary N) is 1. The van der Waals surface area contributed by atoms with Crippen molar-refractivity contribution in [1.82, 2.24) is 10.2 Å². The fourth-order valence-corrected chi connectivity index (χ4v) is 5.38. The van der Waals surface area contributed by atoms with Gasteiger partial charge in [-0.3, -0.25) is 33.8 Å². The zero-order valence-corrected chi connectivity index (χ0v) is 26.7. The zero-order chi connectivity index (χ0) is 33.8. The highest BCUT2D eigenvalue weighted by atomic mass is 35.5. The van der Waals surface area contributed by atoms with Gasteiger partial charge in [-0.05, 0) is 43.2 Å². The highest BCUT2D eigenvalue weighted by Gasteiger charge is 2.37. The Kier molecular flexibility index (Phi) is 13.9. The van der Waals surface area contributed by atoms with E-state index in [-0.39, 0.29) is 67.5 Å². The van der Waals surface area contributed by atoms with Gasteiger partial charge in [-0.15, -0.1) is 11.3 Å². The summed E-state index contributed by atoms with van der Waals surface area (Å²) in [5.41, 5.74) is 10.2. The molecule has 2 fully saturated rings. The van der Waals surface area contributed by atoms with Crippen LogP contribution in [0.5, 0.6) is 0 Å². The average Bonchev–Trinajstić information content (AvgIpc) is 3.64. The fraction of sp³-hybridized carbons (Fsp3) is 0.448. The maximum atomic E-state index is 15.1. The number of nitrogens with two attached hydrogens (primary N) is 2. The van der Waals surface area contributed by atoms with Crippen LogP contribution in [0.3, 0.4) is 0 Å². The van der Waals surface area contributed by atoms with Crippen molar-refractivity contribution >= 4 is 69.9 Å². The summed E-state index contributed by atoms with van der Waals surface area (Å²) < 4.78 is 26.0. The third-order valence-electron chi connectivity index (χ3n) is 6.78. The third-order valence-corrected chi connectivity index (χ3v) is 8.00. The summed E-state index contributed by atoms with van der Waals surface area (Å²) in [6.45, 7) is 2.07. The number of halogens is 2. The molecule has 0 saturated carbocycles. The van der Waals surface area contributed by atoms with Crippen LogP contribution in [-0.4, -0.2) is 92.6 Å². The van der Waals surface area contributed by atoms with E-state index in [0.717, 1.165) is 27.2 Å². The lowest BCUT2D eigenvalue weighted by molar-refractivity contribution is -0.129. The predicted octanol–water partition coefficient (Wildman–Crippen LogP) is 2.02. The Hall–Kier alpha value is -4.12. The van der Waals surface area contributed by atoms with Crippen LogP contribution in [0, 0.1) is 5.82 Å². The molecule has 250 valence electrons. The summed E-state index contributed by atoms with van der Waals surface area (Å²) in [5, 5.41) is 2.61. The van der Waals surface area contributed by atoms with Crippen molar-refractivity contribution in [2.45, 2.75) is 38.7 Å². The van der Waals surface area contributed by atoms with Gasteiger partial charge in [0.05, 0.1) is 41.1 Å². The average molecular weight is 683 g/mol. The van der Waals surface area contributed by atoms with Crippen LogP contribution in [0.15, 0.2) is 30.3 Å². The lowest BCUT2D eigenvalue weighted by Crippen LogP contribution is -2.43. The van der Waals surface area contributed by atoms with Crippen LogP contribution in [0.1, 0.15) is 42.3 Å². The normalized spacial score (nSPS) is 16.0. The molecule has 3 heterocycles. The van der Waals surface area contributed by atoms with Crippen LogP contribution in [0.4, 0.5) is 20.6 Å². The number of hydrogen-bond donors (Lipinski definition) is 3. The second kappa shape index (κ2) is 17.5. The Morgan fingerprint density at radius 2 is 1.89 bits per heavy atom. The number of rotatable bonds is 12. The van der Waals surface area contributed by atoms with Crippen molar-refractivity contribution in [2.75, 3.05) is 55.7 Å². The molecule has 2 aliphatic rings. The van der Waals surface area contributed by atoms with Gasteiger partial charge in [0.15, 0.2) is 0 Å². The van der Waals surface area contributed by atoms with Gasteiger partial charge in [-0.2, -0.15) is 0 Å². The first-order valence-electron chi connectivity index (χ1n) is 14.5. The number of amides is 6. The molecule has 1 atom stereocenters. The maximum Gasteiger partial charge on any atom is 0.414 e. The quantitative estimate of drug-likeness (QED) is 0.281. The van der Waals surface area contributed by atoms with Crippen LogP contribution >= 0.6 is 22.9 Å². The molecule has 2 saturated heterocycles. The molecule has 1 aromatic carbocycles. The van der Waals surface area contributed by atoms with Gasteiger partial charge in [0.2, 0.25) is 17.7 Å². The molecule has 14 nitrogen and oxygen atoms in total. The van der Waals surface area contributed by atoms with Crippen molar-refractivity contribution in [3.63, 3.8) is 0 Å². The van der Waals surface area contributed by atoms with E-state index in [1.54, 1.807) is 6.92 Å². The first kappa shape index (κ1) is 36.3. The van der Waals surface area contributed by atoms with Crippen LogP contribution < -0.4 is 26.6 Å². The lowest BCUT2D eigenvalue weighted by Gasteiger charge is -2.27. The zero-order valence-electron chi connectivity index (χ0n) is 25.2. The molecule has 0 aliphatic carbocycles. The van der Waals surface area contributed by atoms with E-state index in [1.807, 2.05) is 0 Å². The monoisotopic (exact) mass is 682 g/mol. The van der Waals surface area contributed by atoms with Crippen LogP contribution in [-0.2, 0) is 28.7 Å². The Bertz CT molecular complexity index is 1440. The number of nitrogens with zero attached hydrogens (tertiary/aromatic N) is 3. The van der Waals surface area contributed by atoms with Crippen LogP contribution in [0.2, 0.25) is 4.34 Å². The number of cyclic esters (lactones) is 1. The van der Waals surface area contributed by atoms with Crippen molar-refractivity contribution in [1.29, 1.82) is 0 Å². The topological polar surface area (TPSA) is 195 Å². The van der Waals surface area contributed by atoms with E-state index in [0.29, 0.717) is 42.4 Å². The van der Waals surface area contributed by atoms with Gasteiger partial charge in [0.1, 0.15) is 18.5 Å². The third kappa shape index (κ3) is 10.2. The molecular formula is C29H36ClFN6O8S. The number of primary amides is 1. The summed E-state index contributed by atoms with van der Waals surface area (Å²) in [6, 6.07) is 7.10. The van der Waals surface area contributed by atoms with Crippen LogP contribution in [0.25, 0.3) is 0 Å². The number of imide groups is 1. The number of thiophene rings is 1. The largest absolute Gasteiger partial charge is 0.442 e. The first-order valence-corrected chi connectivity index (χ1v) is 15.6. The number of ether oxygens (including phenoxy) is 2. The van der Waals surface area contributed by atoms with Crippen molar-refractivity contribution < 1.29 is 42.6 Å². The molecule has 0 unspecified atom stereocenters. The number of carbonyl (C=O) groups excluding carboxylic acids is 6. The van der Waals surface area contributed by atoms with Gasteiger partial charge in [0.25, 0.3) is 11.8 Å². The smallest absolute Gasteiger partial charge is 0.414 e. The van der Waals surface area contributed by atoms with Gasteiger partial charge in [0, 0.05) is 31.6 Å². The number of benzene rings is 1. The van der Waals surface area contributed by atoms with E-state index >= 15 is 4.39 Å². The molecule has 17 heteroatoms. The summed E-state index contributed by atoms with van der Waals surface area (Å²) in [5.74, 6) is -2.68. The molecule has 0 radical (unpaired) electrons. The molecule has 0 bridgehead atoms. The second-order valence-electron chi connectivity index (χ2n) is 10.1. The Balaban J connectivity index is 0.00000107. The molecule has 46 heavy (non-hydrogen) atoms. The first-order chi connectivity index (χ1) is 21.9. The lowest BCUT2D eigenvalue weighted by atomic mass is 10.2. The van der Waals surface area contributed by atoms with E-state index in [1.165, 1.54) is 29.2 Å². The van der Waals surface area contributed by atoms with Gasteiger partial charge >= 0.3 is 6.09 Å². The minimum Gasteiger partial charge on any atom is -0.442 e. The number of morpholine rings is 1. The number of hydrogen-bond acceptors (Lipinski definition) is 10. The van der Waals surface area contributed by atoms with E-state index < -0.39 is 29.8 Å². The SMILES string of the molecule is CCC(N)=O.NCC(=O)NCCCCC(=O)N(C[C@H]1CN(c2ccc(N3CCOCC3=O)cc2F)C(=O)O1)C(=O)c1ccc(Cl)s1. The molecule has 6 amide bonds. The predicted molar refractivity (Wildman–Crippen MR) is 168 cm³/mol. The maximum absolute atomic E-state index is 15.1. The summed E-state index contributed by atoms with van der Waals surface area (Å²) in [6.07, 6.45) is -0.432. The van der Waals surface area contributed by atoms with Crippen molar-refractivity contribution in [3.8, 4) is 0 Å². The molecule has 2 aromatic rings. The van der Waals surface area contributed by atoms with E-state index in [2.05, 4.69) is 11.1 Å². The second-order valence-corrected chi connectivity index (χ2v) is 11.8. The van der Waals surface area contributed by atoms with Crippen molar-refractivity contribution in [3.05, 3.63) is 45.4 Å². The molecule has 1 aromatic heterocycles. The molecule has 2 aliphatic heterocycles. The van der Waals surface area contributed by atoms with Gasteiger partial charge < -0.3 is 31.2 Å². The van der Waals surface area contributed by atoms with Gasteiger partial charge in [-0.1, -0.05) is 18.5 Å². The molecular weight excluding hydrogens is 647 g/mol.